The van der Waals surface area contributed by atoms with Crippen molar-refractivity contribution >= 4 is 5.78 Å². The van der Waals surface area contributed by atoms with Gasteiger partial charge in [0.1, 0.15) is 0 Å². The van der Waals surface area contributed by atoms with Crippen molar-refractivity contribution in [2.24, 2.45) is 5.41 Å². The van der Waals surface area contributed by atoms with Gasteiger partial charge in [-0.2, -0.15) is 0 Å². The Kier molecular flexibility index (Phi) is 4.98. The SMILES string of the molecule is CC[C@@]12CCC(=O)C(CCOCc3ccccc3)=C1[C@H](O)CC2. The molecule has 0 aliphatic heterocycles. The van der Waals surface area contributed by atoms with Crippen LogP contribution >= 0.6 is 0 Å². The number of carbonyl (C=O) groups excluding carboxylic acids is 1. The quantitative estimate of drug-likeness (QED) is 0.812. The molecule has 1 N–H and O–H groups in total. The molecule has 3 heteroatoms. The van der Waals surface area contributed by atoms with Crippen LogP contribution in [0.15, 0.2) is 41.5 Å². The van der Waals surface area contributed by atoms with E-state index in [9.17, 15) is 9.90 Å². The second kappa shape index (κ2) is 6.98. The molecule has 1 aromatic rings. The van der Waals surface area contributed by atoms with Crippen molar-refractivity contribution < 1.29 is 14.6 Å². The van der Waals surface area contributed by atoms with Crippen LogP contribution in [0.25, 0.3) is 0 Å². The van der Waals surface area contributed by atoms with Crippen LogP contribution in [0.3, 0.4) is 0 Å². The van der Waals surface area contributed by atoms with Gasteiger partial charge in [-0.25, -0.2) is 0 Å². The normalized spacial score (nSPS) is 27.4. The minimum Gasteiger partial charge on any atom is -0.389 e. The number of aliphatic hydroxyl groups excluding tert-OH is 1. The molecule has 23 heavy (non-hydrogen) atoms. The van der Waals surface area contributed by atoms with Gasteiger partial charge in [-0.1, -0.05) is 37.3 Å². The van der Waals surface area contributed by atoms with Crippen LogP contribution in [0, 0.1) is 5.41 Å². The number of ketones is 1. The number of carbonyl (C=O) groups is 1. The fourth-order valence-corrected chi connectivity index (χ4v) is 4.24. The van der Waals surface area contributed by atoms with E-state index in [1.54, 1.807) is 0 Å². The van der Waals surface area contributed by atoms with E-state index < -0.39 is 6.10 Å². The molecule has 124 valence electrons. The smallest absolute Gasteiger partial charge is 0.159 e. The molecule has 2 atom stereocenters. The van der Waals surface area contributed by atoms with Crippen molar-refractivity contribution in [3.05, 3.63) is 47.0 Å². The molecular weight excluding hydrogens is 288 g/mol. The molecular formula is C20H26O3. The first-order valence-electron chi connectivity index (χ1n) is 8.73. The summed E-state index contributed by atoms with van der Waals surface area (Å²) in [5.41, 5.74) is 3.11. The number of fused-ring (bicyclic) bond motifs is 1. The maximum absolute atomic E-state index is 12.4. The van der Waals surface area contributed by atoms with Gasteiger partial charge in [0.25, 0.3) is 0 Å². The first kappa shape index (κ1) is 16.4. The van der Waals surface area contributed by atoms with Crippen LogP contribution in [-0.4, -0.2) is 23.6 Å². The van der Waals surface area contributed by atoms with E-state index in [4.69, 9.17) is 4.74 Å². The van der Waals surface area contributed by atoms with Crippen LogP contribution in [0.2, 0.25) is 0 Å². The van der Waals surface area contributed by atoms with Crippen LogP contribution in [0.1, 0.15) is 51.0 Å². The summed E-state index contributed by atoms with van der Waals surface area (Å²) in [6.07, 6.45) is 4.55. The minimum absolute atomic E-state index is 0.0715. The molecule has 0 heterocycles. The Balaban J connectivity index is 1.67. The van der Waals surface area contributed by atoms with Gasteiger partial charge in [-0.05, 0) is 54.2 Å². The van der Waals surface area contributed by atoms with Crippen LogP contribution in [0.5, 0.6) is 0 Å². The number of ether oxygens (including phenoxy) is 1. The summed E-state index contributed by atoms with van der Waals surface area (Å²) < 4.78 is 5.75. The summed E-state index contributed by atoms with van der Waals surface area (Å²) in [7, 11) is 0. The molecule has 2 aliphatic rings. The summed E-state index contributed by atoms with van der Waals surface area (Å²) in [6, 6.07) is 10.1. The second-order valence-electron chi connectivity index (χ2n) is 6.79. The number of hydrogen-bond acceptors (Lipinski definition) is 3. The molecule has 2 aliphatic carbocycles. The highest BCUT2D eigenvalue weighted by atomic mass is 16.5. The Hall–Kier alpha value is -1.45. The van der Waals surface area contributed by atoms with Gasteiger partial charge in [0.05, 0.1) is 19.3 Å². The third kappa shape index (κ3) is 3.26. The number of Topliss-reactive ketones (excluding diaryl/α,β-unsaturated/α-hetero) is 1. The van der Waals surface area contributed by atoms with Gasteiger partial charge >= 0.3 is 0 Å². The average Bonchev–Trinajstić information content (AvgIpc) is 2.92. The Labute approximate surface area is 138 Å². The first-order chi connectivity index (χ1) is 11.2. The lowest BCUT2D eigenvalue weighted by molar-refractivity contribution is -0.117. The van der Waals surface area contributed by atoms with Crippen molar-refractivity contribution in [1.29, 1.82) is 0 Å². The highest BCUT2D eigenvalue weighted by Crippen LogP contribution is 2.53. The van der Waals surface area contributed by atoms with E-state index in [0.717, 1.165) is 42.4 Å². The van der Waals surface area contributed by atoms with Crippen molar-refractivity contribution in [2.75, 3.05) is 6.61 Å². The molecule has 0 amide bonds. The second-order valence-corrected chi connectivity index (χ2v) is 6.79. The third-order valence-corrected chi connectivity index (χ3v) is 5.58. The molecule has 0 spiro atoms. The summed E-state index contributed by atoms with van der Waals surface area (Å²) >= 11 is 0. The molecule has 0 radical (unpaired) electrons. The van der Waals surface area contributed by atoms with Crippen molar-refractivity contribution in [2.45, 2.75) is 58.2 Å². The fourth-order valence-electron chi connectivity index (χ4n) is 4.24. The van der Waals surface area contributed by atoms with E-state index in [1.807, 2.05) is 30.3 Å². The van der Waals surface area contributed by atoms with Gasteiger partial charge < -0.3 is 9.84 Å². The summed E-state index contributed by atoms with van der Waals surface area (Å²) in [6.45, 7) is 3.28. The van der Waals surface area contributed by atoms with E-state index in [1.165, 1.54) is 0 Å². The number of hydrogen-bond donors (Lipinski definition) is 1. The van der Waals surface area contributed by atoms with Gasteiger partial charge in [-0.3, -0.25) is 4.79 Å². The third-order valence-electron chi connectivity index (χ3n) is 5.58. The Morgan fingerprint density at radius 2 is 2.04 bits per heavy atom. The minimum atomic E-state index is -0.427. The van der Waals surface area contributed by atoms with E-state index in [-0.39, 0.29) is 11.2 Å². The first-order valence-corrected chi connectivity index (χ1v) is 8.73. The van der Waals surface area contributed by atoms with Gasteiger partial charge in [0.15, 0.2) is 5.78 Å². The van der Waals surface area contributed by atoms with E-state index in [2.05, 4.69) is 6.92 Å². The molecule has 0 aromatic heterocycles. The molecule has 1 aromatic carbocycles. The van der Waals surface area contributed by atoms with Crippen LogP contribution in [0.4, 0.5) is 0 Å². The summed E-state index contributed by atoms with van der Waals surface area (Å²) in [5.74, 6) is 0.216. The molecule has 1 fully saturated rings. The predicted molar refractivity (Wildman–Crippen MR) is 89.9 cm³/mol. The van der Waals surface area contributed by atoms with Crippen LogP contribution < -0.4 is 0 Å². The lowest BCUT2D eigenvalue weighted by Gasteiger charge is -2.36. The predicted octanol–water partition coefficient (Wildman–Crippen LogP) is 3.80. The topological polar surface area (TPSA) is 46.5 Å². The standard InChI is InChI=1S/C20H26O3/c1-2-20-11-8-17(21)16(19(20)18(22)9-12-20)10-13-23-14-15-6-4-3-5-7-15/h3-7,18,22H,2,8-14H2,1H3/t18-,20+/m1/s1. The summed E-state index contributed by atoms with van der Waals surface area (Å²) in [4.78, 5) is 12.4. The fraction of sp³-hybridized carbons (Fsp3) is 0.550. The maximum Gasteiger partial charge on any atom is 0.159 e. The van der Waals surface area contributed by atoms with Crippen molar-refractivity contribution in [3.63, 3.8) is 0 Å². The Morgan fingerprint density at radius 3 is 2.78 bits per heavy atom. The largest absolute Gasteiger partial charge is 0.389 e. The molecule has 0 unspecified atom stereocenters. The Morgan fingerprint density at radius 1 is 1.26 bits per heavy atom. The van der Waals surface area contributed by atoms with Crippen LogP contribution in [-0.2, 0) is 16.1 Å². The number of aliphatic hydroxyl groups is 1. The zero-order valence-electron chi connectivity index (χ0n) is 13.9. The monoisotopic (exact) mass is 314 g/mol. The highest BCUT2D eigenvalue weighted by molar-refractivity contribution is 5.97. The van der Waals surface area contributed by atoms with Crippen molar-refractivity contribution in [3.8, 4) is 0 Å². The average molecular weight is 314 g/mol. The number of benzene rings is 1. The van der Waals surface area contributed by atoms with E-state index in [0.29, 0.717) is 26.1 Å². The molecule has 3 nitrogen and oxygen atoms in total. The lowest BCUT2D eigenvalue weighted by Crippen LogP contribution is -2.30. The van der Waals surface area contributed by atoms with Gasteiger partial charge in [0, 0.05) is 6.42 Å². The van der Waals surface area contributed by atoms with E-state index >= 15 is 0 Å². The zero-order chi connectivity index (χ0) is 16.3. The molecule has 3 rings (SSSR count). The van der Waals surface area contributed by atoms with Gasteiger partial charge in [-0.15, -0.1) is 0 Å². The molecule has 1 saturated carbocycles. The highest BCUT2D eigenvalue weighted by Gasteiger charge is 2.46. The molecule has 0 bridgehead atoms. The Bertz CT molecular complexity index is 590. The summed E-state index contributed by atoms with van der Waals surface area (Å²) in [5, 5.41) is 10.4. The maximum atomic E-state index is 12.4. The molecule has 0 saturated heterocycles. The zero-order valence-corrected chi connectivity index (χ0v) is 13.9. The van der Waals surface area contributed by atoms with Gasteiger partial charge in [0.2, 0.25) is 0 Å². The number of rotatable bonds is 6. The van der Waals surface area contributed by atoms with Crippen molar-refractivity contribution in [1.82, 2.24) is 0 Å². The lowest BCUT2D eigenvalue weighted by atomic mass is 9.68.